The molecule has 1 atom stereocenters. The summed E-state index contributed by atoms with van der Waals surface area (Å²) in [6, 6.07) is 6.29. The summed E-state index contributed by atoms with van der Waals surface area (Å²) < 4.78 is 5.14. The molecule has 0 spiro atoms. The van der Waals surface area contributed by atoms with E-state index in [1.807, 2.05) is 13.1 Å². The van der Waals surface area contributed by atoms with Crippen LogP contribution in [0, 0.1) is 6.92 Å². The zero-order valence-electron chi connectivity index (χ0n) is 9.95. The van der Waals surface area contributed by atoms with Gasteiger partial charge in [0.15, 0.2) is 0 Å². The quantitative estimate of drug-likeness (QED) is 0.691. The highest BCUT2D eigenvalue weighted by Gasteiger charge is 2.02. The second-order valence-electron chi connectivity index (χ2n) is 3.66. The minimum atomic E-state index is 0.0642. The summed E-state index contributed by atoms with van der Waals surface area (Å²) in [6.45, 7) is 6.21. The maximum Gasteiger partial charge on any atom is 0.0894 e. The summed E-state index contributed by atoms with van der Waals surface area (Å²) in [4.78, 5) is 4.50. The van der Waals surface area contributed by atoms with Gasteiger partial charge >= 0.3 is 0 Å². The predicted octanol–water partition coefficient (Wildman–Crippen LogP) is 3.29. The fourth-order valence-electron chi connectivity index (χ4n) is 1.43. The first-order valence-electron chi connectivity index (χ1n) is 5.34. The number of methoxy groups -OCH3 is 1. The fraction of sp³-hybridized carbons (Fsp3) is 0.462. The molecule has 0 aliphatic rings. The van der Waals surface area contributed by atoms with Crippen LogP contribution in [0.4, 0.5) is 5.69 Å². The van der Waals surface area contributed by atoms with Gasteiger partial charge in [0.25, 0.3) is 0 Å². The van der Waals surface area contributed by atoms with Gasteiger partial charge in [0.1, 0.15) is 0 Å². The zero-order valence-corrected chi connectivity index (χ0v) is 9.95. The third-order valence-electron chi connectivity index (χ3n) is 2.49. The average Bonchev–Trinajstić information content (AvgIpc) is 2.26. The Morgan fingerprint density at radius 2 is 2.20 bits per heavy atom. The molecule has 0 amide bonds. The van der Waals surface area contributed by atoms with Gasteiger partial charge in [-0.15, -0.1) is 0 Å². The van der Waals surface area contributed by atoms with Crippen LogP contribution in [0.1, 0.15) is 25.0 Å². The number of hydrogen-bond acceptors (Lipinski definition) is 2. The summed E-state index contributed by atoms with van der Waals surface area (Å²) in [7, 11) is 1.69. The molecule has 0 fully saturated rings. The van der Waals surface area contributed by atoms with Gasteiger partial charge < -0.3 is 4.74 Å². The molecule has 0 aromatic heterocycles. The maximum absolute atomic E-state index is 5.14. The van der Waals surface area contributed by atoms with Crippen molar-refractivity contribution in [1.29, 1.82) is 0 Å². The molecule has 0 saturated carbocycles. The number of hydrogen-bond donors (Lipinski definition) is 0. The highest BCUT2D eigenvalue weighted by atomic mass is 16.5. The minimum absolute atomic E-state index is 0.0642. The van der Waals surface area contributed by atoms with E-state index in [1.54, 1.807) is 7.11 Å². The summed E-state index contributed by atoms with van der Waals surface area (Å²) >= 11 is 0. The van der Waals surface area contributed by atoms with Gasteiger partial charge in [-0.1, -0.05) is 25.1 Å². The molecular weight excluding hydrogens is 186 g/mol. The van der Waals surface area contributed by atoms with E-state index in [0.717, 1.165) is 12.1 Å². The van der Waals surface area contributed by atoms with Gasteiger partial charge in [0, 0.05) is 13.3 Å². The van der Waals surface area contributed by atoms with Crippen LogP contribution in [0.2, 0.25) is 0 Å². The van der Waals surface area contributed by atoms with Crippen LogP contribution in [0.15, 0.2) is 23.2 Å². The van der Waals surface area contributed by atoms with Crippen LogP contribution in [0.25, 0.3) is 0 Å². The molecular formula is C13H19NO. The van der Waals surface area contributed by atoms with E-state index >= 15 is 0 Å². The molecule has 1 aromatic rings. The van der Waals surface area contributed by atoms with Gasteiger partial charge in [-0.2, -0.15) is 0 Å². The molecule has 1 unspecified atom stereocenters. The summed E-state index contributed by atoms with van der Waals surface area (Å²) in [5.74, 6) is 0. The van der Waals surface area contributed by atoms with E-state index in [0.29, 0.717) is 0 Å². The van der Waals surface area contributed by atoms with Gasteiger partial charge in [0.05, 0.1) is 11.8 Å². The molecule has 0 saturated heterocycles. The van der Waals surface area contributed by atoms with Gasteiger partial charge in [-0.3, -0.25) is 4.99 Å². The molecule has 0 N–H and O–H groups in total. The SMILES string of the molecule is CCc1cccc(C)c1N=CC(C)OC. The third-order valence-corrected chi connectivity index (χ3v) is 2.49. The Bertz CT molecular complexity index is 344. The van der Waals surface area contributed by atoms with Crippen molar-refractivity contribution in [3.8, 4) is 0 Å². The van der Waals surface area contributed by atoms with Crippen molar-refractivity contribution in [3.05, 3.63) is 29.3 Å². The Labute approximate surface area is 92.0 Å². The second-order valence-corrected chi connectivity index (χ2v) is 3.66. The van der Waals surface area contributed by atoms with Crippen molar-refractivity contribution in [2.24, 2.45) is 4.99 Å². The number of rotatable bonds is 4. The highest BCUT2D eigenvalue weighted by Crippen LogP contribution is 2.23. The van der Waals surface area contributed by atoms with Gasteiger partial charge in [0.2, 0.25) is 0 Å². The number of nitrogens with zero attached hydrogens (tertiary/aromatic N) is 1. The Kier molecular flexibility index (Phi) is 4.50. The Morgan fingerprint density at radius 1 is 1.47 bits per heavy atom. The molecule has 15 heavy (non-hydrogen) atoms. The topological polar surface area (TPSA) is 21.6 Å². The van der Waals surface area contributed by atoms with Crippen LogP contribution in [-0.4, -0.2) is 19.4 Å². The minimum Gasteiger partial charge on any atom is -0.376 e. The standard InChI is InChI=1S/C13H19NO/c1-5-12-8-6-7-10(2)13(12)14-9-11(3)15-4/h6-9,11H,5H2,1-4H3. The van der Waals surface area contributed by atoms with Crippen molar-refractivity contribution in [1.82, 2.24) is 0 Å². The summed E-state index contributed by atoms with van der Waals surface area (Å²) in [5, 5.41) is 0. The van der Waals surface area contributed by atoms with E-state index < -0.39 is 0 Å². The monoisotopic (exact) mass is 205 g/mol. The summed E-state index contributed by atoms with van der Waals surface area (Å²) in [5.41, 5.74) is 3.59. The normalized spacial score (nSPS) is 13.3. The van der Waals surface area contributed by atoms with Crippen molar-refractivity contribution in [2.75, 3.05) is 7.11 Å². The lowest BCUT2D eigenvalue weighted by Gasteiger charge is -2.07. The van der Waals surface area contributed by atoms with Crippen molar-refractivity contribution >= 4 is 11.9 Å². The molecule has 0 radical (unpaired) electrons. The Morgan fingerprint density at radius 3 is 2.80 bits per heavy atom. The van der Waals surface area contributed by atoms with E-state index in [9.17, 15) is 0 Å². The van der Waals surface area contributed by atoms with Crippen molar-refractivity contribution in [2.45, 2.75) is 33.3 Å². The van der Waals surface area contributed by atoms with Crippen LogP contribution in [-0.2, 0) is 11.2 Å². The first-order valence-corrected chi connectivity index (χ1v) is 5.34. The van der Waals surface area contributed by atoms with E-state index in [4.69, 9.17) is 4.74 Å². The number of ether oxygens (including phenoxy) is 1. The first kappa shape index (κ1) is 11.9. The van der Waals surface area contributed by atoms with Gasteiger partial charge in [-0.25, -0.2) is 0 Å². The third kappa shape index (κ3) is 3.17. The van der Waals surface area contributed by atoms with E-state index in [-0.39, 0.29) is 6.10 Å². The lowest BCUT2D eigenvalue weighted by molar-refractivity contribution is 0.174. The molecule has 0 bridgehead atoms. The molecule has 2 heteroatoms. The van der Waals surface area contributed by atoms with Crippen LogP contribution in [0.5, 0.6) is 0 Å². The van der Waals surface area contributed by atoms with Crippen molar-refractivity contribution < 1.29 is 4.74 Å². The number of aliphatic imine (C=N–C) groups is 1. The lowest BCUT2D eigenvalue weighted by Crippen LogP contribution is -2.05. The van der Waals surface area contributed by atoms with Crippen LogP contribution >= 0.6 is 0 Å². The molecule has 82 valence electrons. The lowest BCUT2D eigenvalue weighted by atomic mass is 10.1. The smallest absolute Gasteiger partial charge is 0.0894 e. The molecule has 1 rings (SSSR count). The van der Waals surface area contributed by atoms with E-state index in [2.05, 4.69) is 37.0 Å². The average molecular weight is 205 g/mol. The molecule has 0 aliphatic heterocycles. The summed E-state index contributed by atoms with van der Waals surface area (Å²) in [6.07, 6.45) is 2.92. The van der Waals surface area contributed by atoms with Crippen molar-refractivity contribution in [3.63, 3.8) is 0 Å². The highest BCUT2D eigenvalue weighted by molar-refractivity contribution is 5.69. The molecule has 0 heterocycles. The number of para-hydroxylation sites is 1. The Hall–Kier alpha value is -1.15. The molecule has 2 nitrogen and oxygen atoms in total. The predicted molar refractivity (Wildman–Crippen MR) is 65.2 cm³/mol. The molecule has 0 aliphatic carbocycles. The number of benzene rings is 1. The second kappa shape index (κ2) is 5.66. The largest absolute Gasteiger partial charge is 0.376 e. The zero-order chi connectivity index (χ0) is 11.3. The number of aryl methyl sites for hydroxylation is 2. The van der Waals surface area contributed by atoms with Gasteiger partial charge in [-0.05, 0) is 31.4 Å². The van der Waals surface area contributed by atoms with E-state index in [1.165, 1.54) is 11.1 Å². The first-order chi connectivity index (χ1) is 7.19. The maximum atomic E-state index is 5.14. The van der Waals surface area contributed by atoms with Crippen LogP contribution < -0.4 is 0 Å². The Balaban J connectivity index is 2.97. The fourth-order valence-corrected chi connectivity index (χ4v) is 1.43. The van der Waals surface area contributed by atoms with Crippen LogP contribution in [0.3, 0.4) is 0 Å². The molecule has 1 aromatic carbocycles.